The van der Waals surface area contributed by atoms with E-state index in [-0.39, 0.29) is 0 Å². The average molecular weight is 276 g/mol. The Bertz CT molecular complexity index is 426. The van der Waals surface area contributed by atoms with E-state index < -0.39 is 10.0 Å². The van der Waals surface area contributed by atoms with Gasteiger partial charge in [0.05, 0.1) is 4.90 Å². The SMILES string of the molecule is CCCCCNS(=O)(=O)c1csc(CNC)c1. The lowest BCUT2D eigenvalue weighted by atomic mass is 10.3. The van der Waals surface area contributed by atoms with Crippen LogP contribution in [0.4, 0.5) is 0 Å². The fourth-order valence-corrected chi connectivity index (χ4v) is 3.79. The van der Waals surface area contributed by atoms with Gasteiger partial charge in [-0.2, -0.15) is 0 Å². The van der Waals surface area contributed by atoms with Gasteiger partial charge in [0.2, 0.25) is 10.0 Å². The molecule has 0 fully saturated rings. The van der Waals surface area contributed by atoms with Crippen LogP contribution in [0.1, 0.15) is 31.1 Å². The van der Waals surface area contributed by atoms with Crippen molar-refractivity contribution in [2.45, 2.75) is 37.6 Å². The molecule has 0 unspecified atom stereocenters. The third-order valence-corrected chi connectivity index (χ3v) is 4.89. The highest BCUT2D eigenvalue weighted by Gasteiger charge is 2.15. The molecule has 0 aliphatic carbocycles. The minimum absolute atomic E-state index is 0.379. The zero-order valence-corrected chi connectivity index (χ0v) is 12.0. The molecule has 4 nitrogen and oxygen atoms in total. The molecule has 0 aromatic carbocycles. The molecule has 0 saturated carbocycles. The smallest absolute Gasteiger partial charge is 0.241 e. The summed E-state index contributed by atoms with van der Waals surface area (Å²) in [7, 11) is -1.46. The summed E-state index contributed by atoms with van der Waals surface area (Å²) in [4.78, 5) is 1.41. The molecule has 17 heavy (non-hydrogen) atoms. The van der Waals surface area contributed by atoms with Gasteiger partial charge in [-0.25, -0.2) is 13.1 Å². The summed E-state index contributed by atoms with van der Waals surface area (Å²) in [6, 6.07) is 1.73. The first kappa shape index (κ1) is 14.6. The Morgan fingerprint density at radius 2 is 2.12 bits per heavy atom. The molecular formula is C11H20N2O2S2. The number of sulfonamides is 1. The molecule has 1 rings (SSSR count). The highest BCUT2D eigenvalue weighted by Crippen LogP contribution is 2.18. The predicted octanol–water partition coefficient (Wildman–Crippen LogP) is 1.94. The Balaban J connectivity index is 2.56. The van der Waals surface area contributed by atoms with Crippen LogP contribution in [0.25, 0.3) is 0 Å². The van der Waals surface area contributed by atoms with Gasteiger partial charge in [-0.1, -0.05) is 19.8 Å². The molecule has 0 saturated heterocycles. The van der Waals surface area contributed by atoms with Crippen LogP contribution in [-0.2, 0) is 16.6 Å². The van der Waals surface area contributed by atoms with Gasteiger partial charge in [0, 0.05) is 23.3 Å². The van der Waals surface area contributed by atoms with Crippen LogP contribution in [0.2, 0.25) is 0 Å². The van der Waals surface area contributed by atoms with Gasteiger partial charge >= 0.3 is 0 Å². The number of unbranched alkanes of at least 4 members (excludes halogenated alkanes) is 2. The van der Waals surface area contributed by atoms with Crippen molar-refractivity contribution in [3.05, 3.63) is 16.3 Å². The molecule has 0 aliphatic heterocycles. The molecule has 1 aromatic heterocycles. The second kappa shape index (κ2) is 7.10. The molecule has 0 bridgehead atoms. The van der Waals surface area contributed by atoms with Gasteiger partial charge in [0.25, 0.3) is 0 Å². The van der Waals surface area contributed by atoms with E-state index in [4.69, 9.17) is 0 Å². The summed E-state index contributed by atoms with van der Waals surface area (Å²) in [6.45, 7) is 3.32. The highest BCUT2D eigenvalue weighted by molar-refractivity contribution is 7.89. The third-order valence-electron chi connectivity index (χ3n) is 2.36. The maximum absolute atomic E-state index is 11.9. The Labute approximate surface area is 107 Å². The number of hydrogen-bond acceptors (Lipinski definition) is 4. The number of rotatable bonds is 8. The molecule has 0 radical (unpaired) electrons. The van der Waals surface area contributed by atoms with Gasteiger partial charge in [0.1, 0.15) is 0 Å². The summed E-state index contributed by atoms with van der Waals surface area (Å²) in [5, 5.41) is 4.69. The second-order valence-electron chi connectivity index (χ2n) is 3.88. The average Bonchev–Trinajstić information content (AvgIpc) is 2.74. The maximum atomic E-state index is 11.9. The van der Waals surface area contributed by atoms with Gasteiger partial charge in [-0.15, -0.1) is 11.3 Å². The highest BCUT2D eigenvalue weighted by atomic mass is 32.2. The van der Waals surface area contributed by atoms with Gasteiger partial charge in [-0.05, 0) is 19.5 Å². The van der Waals surface area contributed by atoms with E-state index in [1.165, 1.54) is 11.3 Å². The van der Waals surface area contributed by atoms with E-state index in [9.17, 15) is 8.42 Å². The molecule has 0 atom stereocenters. The summed E-state index contributed by atoms with van der Waals surface area (Å²) in [6.07, 6.45) is 3.03. The molecule has 98 valence electrons. The lowest BCUT2D eigenvalue weighted by Gasteiger charge is -2.03. The van der Waals surface area contributed by atoms with E-state index in [1.54, 1.807) is 11.4 Å². The van der Waals surface area contributed by atoms with Crippen molar-refractivity contribution in [3.8, 4) is 0 Å². The van der Waals surface area contributed by atoms with Crippen molar-refractivity contribution < 1.29 is 8.42 Å². The fraction of sp³-hybridized carbons (Fsp3) is 0.636. The molecular weight excluding hydrogens is 256 g/mol. The zero-order valence-electron chi connectivity index (χ0n) is 10.3. The molecule has 0 amide bonds. The van der Waals surface area contributed by atoms with Crippen molar-refractivity contribution in [1.29, 1.82) is 0 Å². The van der Waals surface area contributed by atoms with Crippen LogP contribution >= 0.6 is 11.3 Å². The van der Waals surface area contributed by atoms with E-state index in [0.29, 0.717) is 18.0 Å². The summed E-state index contributed by atoms with van der Waals surface area (Å²) >= 11 is 1.46. The van der Waals surface area contributed by atoms with Crippen molar-refractivity contribution in [2.75, 3.05) is 13.6 Å². The first-order valence-electron chi connectivity index (χ1n) is 5.82. The Morgan fingerprint density at radius 3 is 2.76 bits per heavy atom. The van der Waals surface area contributed by atoms with Crippen LogP contribution in [0.5, 0.6) is 0 Å². The van der Waals surface area contributed by atoms with Crippen LogP contribution in [0.15, 0.2) is 16.3 Å². The zero-order chi connectivity index (χ0) is 12.7. The van der Waals surface area contributed by atoms with Gasteiger partial charge in [0.15, 0.2) is 0 Å². The molecule has 1 aromatic rings. The van der Waals surface area contributed by atoms with Crippen LogP contribution < -0.4 is 10.0 Å². The molecule has 0 spiro atoms. The minimum atomic E-state index is -3.31. The summed E-state index contributed by atoms with van der Waals surface area (Å²) in [5.41, 5.74) is 0. The molecule has 0 aliphatic rings. The van der Waals surface area contributed by atoms with Crippen molar-refractivity contribution in [3.63, 3.8) is 0 Å². The Hall–Kier alpha value is -0.430. The van der Waals surface area contributed by atoms with E-state index in [1.807, 2.05) is 7.05 Å². The van der Waals surface area contributed by atoms with Crippen molar-refractivity contribution in [2.24, 2.45) is 0 Å². The molecule has 2 N–H and O–H groups in total. The van der Waals surface area contributed by atoms with Crippen molar-refractivity contribution >= 4 is 21.4 Å². The monoisotopic (exact) mass is 276 g/mol. The van der Waals surface area contributed by atoms with Crippen LogP contribution in [0, 0.1) is 0 Å². The Morgan fingerprint density at radius 1 is 1.35 bits per heavy atom. The standard InChI is InChI=1S/C11H20N2O2S2/c1-3-4-5-6-13-17(14,15)11-7-10(8-12-2)16-9-11/h7,9,12-13H,3-6,8H2,1-2H3. The fourth-order valence-electron chi connectivity index (χ4n) is 1.43. The van der Waals surface area contributed by atoms with Crippen molar-refractivity contribution in [1.82, 2.24) is 10.0 Å². The largest absolute Gasteiger partial charge is 0.315 e. The van der Waals surface area contributed by atoms with E-state index >= 15 is 0 Å². The lowest BCUT2D eigenvalue weighted by molar-refractivity contribution is 0.576. The molecule has 6 heteroatoms. The van der Waals surface area contributed by atoms with Crippen LogP contribution in [0.3, 0.4) is 0 Å². The second-order valence-corrected chi connectivity index (χ2v) is 6.65. The summed E-state index contributed by atoms with van der Waals surface area (Å²) < 4.78 is 26.4. The normalized spacial score (nSPS) is 11.9. The maximum Gasteiger partial charge on any atom is 0.241 e. The van der Waals surface area contributed by atoms with E-state index in [2.05, 4.69) is 17.0 Å². The van der Waals surface area contributed by atoms with Gasteiger partial charge < -0.3 is 5.32 Å². The summed E-state index contributed by atoms with van der Waals surface area (Å²) in [5.74, 6) is 0. The number of nitrogens with one attached hydrogen (secondary N) is 2. The van der Waals surface area contributed by atoms with Gasteiger partial charge in [-0.3, -0.25) is 0 Å². The topological polar surface area (TPSA) is 58.2 Å². The first-order valence-corrected chi connectivity index (χ1v) is 8.18. The quantitative estimate of drug-likeness (QED) is 0.713. The minimum Gasteiger partial charge on any atom is -0.315 e. The third kappa shape index (κ3) is 4.75. The number of hydrogen-bond donors (Lipinski definition) is 2. The Kier molecular flexibility index (Phi) is 6.11. The van der Waals surface area contributed by atoms with Crippen LogP contribution in [-0.4, -0.2) is 22.0 Å². The number of thiophene rings is 1. The molecule has 1 heterocycles. The lowest BCUT2D eigenvalue weighted by Crippen LogP contribution is -2.24. The predicted molar refractivity (Wildman–Crippen MR) is 71.8 cm³/mol. The van der Waals surface area contributed by atoms with E-state index in [0.717, 1.165) is 24.1 Å². The first-order chi connectivity index (χ1) is 8.10.